The topological polar surface area (TPSA) is 38.9 Å². The van der Waals surface area contributed by atoms with Crippen LogP contribution in [0, 0.1) is 0 Å². The normalized spacial score (nSPS) is 13.0. The maximum absolute atomic E-state index is 5.60. The highest BCUT2D eigenvalue weighted by Crippen LogP contribution is 2.20. The van der Waals surface area contributed by atoms with Crippen molar-refractivity contribution in [2.45, 2.75) is 6.92 Å². The van der Waals surface area contributed by atoms with Crippen molar-refractivity contribution in [3.05, 3.63) is 47.1 Å². The molecule has 1 heterocycles. The summed E-state index contributed by atoms with van der Waals surface area (Å²) in [5.41, 5.74) is 9.23. The molecule has 2 N–H and O–H groups in total. The van der Waals surface area contributed by atoms with E-state index >= 15 is 0 Å². The van der Waals surface area contributed by atoms with Crippen molar-refractivity contribution in [3.63, 3.8) is 0 Å². The third-order valence-electron chi connectivity index (χ3n) is 1.40. The summed E-state index contributed by atoms with van der Waals surface area (Å²) in [5.74, 6) is 0. The highest BCUT2D eigenvalue weighted by Gasteiger charge is 1.98. The summed E-state index contributed by atoms with van der Waals surface area (Å²) in [6.45, 7) is 5.51. The molecule has 0 fully saturated rings. The Hall–Kier alpha value is -1.35. The summed E-state index contributed by atoms with van der Waals surface area (Å²) in [5, 5.41) is 0. The molecule has 0 radical (unpaired) electrons. The first-order valence-electron chi connectivity index (χ1n) is 3.89. The summed E-state index contributed by atoms with van der Waals surface area (Å²) in [6, 6.07) is 0. The summed E-state index contributed by atoms with van der Waals surface area (Å²) < 4.78 is 0. The third kappa shape index (κ3) is 2.87. The number of rotatable bonds is 3. The standard InChI is InChI=1S/C10H12N2S/c1-3-4-9(5-8(2)11)10-6-12-7-13-10/h3-7H,1,11H2,2H3/b8-5+,9-4+. The minimum atomic E-state index is 0.779. The van der Waals surface area contributed by atoms with Crippen LogP contribution in [-0.2, 0) is 0 Å². The van der Waals surface area contributed by atoms with Crippen molar-refractivity contribution in [1.82, 2.24) is 4.98 Å². The van der Waals surface area contributed by atoms with Gasteiger partial charge in [-0.1, -0.05) is 18.7 Å². The molecule has 1 aromatic heterocycles. The first-order chi connectivity index (χ1) is 6.24. The number of nitrogens with two attached hydrogens (primary N) is 1. The largest absolute Gasteiger partial charge is 0.402 e. The molecule has 2 nitrogen and oxygen atoms in total. The van der Waals surface area contributed by atoms with Gasteiger partial charge >= 0.3 is 0 Å². The number of allylic oxidation sites excluding steroid dienone is 5. The van der Waals surface area contributed by atoms with E-state index in [0.717, 1.165) is 16.1 Å². The van der Waals surface area contributed by atoms with E-state index in [2.05, 4.69) is 11.6 Å². The highest BCUT2D eigenvalue weighted by atomic mass is 32.1. The summed E-state index contributed by atoms with van der Waals surface area (Å²) in [4.78, 5) is 5.11. The van der Waals surface area contributed by atoms with E-state index in [1.54, 1.807) is 22.9 Å². The maximum atomic E-state index is 5.60. The summed E-state index contributed by atoms with van der Waals surface area (Å²) >= 11 is 1.59. The predicted molar refractivity (Wildman–Crippen MR) is 58.2 cm³/mol. The van der Waals surface area contributed by atoms with E-state index in [9.17, 15) is 0 Å². The van der Waals surface area contributed by atoms with Crippen molar-refractivity contribution < 1.29 is 0 Å². The fraction of sp³-hybridized carbons (Fsp3) is 0.100. The van der Waals surface area contributed by atoms with Crippen LogP contribution >= 0.6 is 11.3 Å². The molecule has 0 aliphatic carbocycles. The van der Waals surface area contributed by atoms with Gasteiger partial charge in [0.1, 0.15) is 0 Å². The average Bonchev–Trinajstić information content (AvgIpc) is 2.54. The summed E-state index contributed by atoms with van der Waals surface area (Å²) in [6.07, 6.45) is 7.40. The molecule has 0 aliphatic heterocycles. The molecule has 3 heteroatoms. The maximum Gasteiger partial charge on any atom is 0.0797 e. The lowest BCUT2D eigenvalue weighted by Crippen LogP contribution is -1.90. The molecule has 1 rings (SSSR count). The first kappa shape index (κ1) is 9.74. The number of thiazole rings is 1. The van der Waals surface area contributed by atoms with Crippen LogP contribution in [0.5, 0.6) is 0 Å². The molecule has 68 valence electrons. The van der Waals surface area contributed by atoms with Crippen molar-refractivity contribution in [1.29, 1.82) is 0 Å². The second-order valence-electron chi connectivity index (χ2n) is 2.61. The van der Waals surface area contributed by atoms with Crippen molar-refractivity contribution in [2.75, 3.05) is 0 Å². The van der Waals surface area contributed by atoms with Crippen molar-refractivity contribution in [3.8, 4) is 0 Å². The summed E-state index contributed by atoms with van der Waals surface area (Å²) in [7, 11) is 0. The lowest BCUT2D eigenvalue weighted by atomic mass is 10.2. The minimum Gasteiger partial charge on any atom is -0.402 e. The van der Waals surface area contributed by atoms with Crippen LogP contribution in [0.3, 0.4) is 0 Å². The van der Waals surface area contributed by atoms with E-state index in [1.807, 2.05) is 25.3 Å². The lowest BCUT2D eigenvalue weighted by molar-refractivity contribution is 1.32. The van der Waals surface area contributed by atoms with Gasteiger partial charge in [0.15, 0.2) is 0 Å². The first-order valence-corrected chi connectivity index (χ1v) is 4.77. The van der Waals surface area contributed by atoms with E-state index in [1.165, 1.54) is 0 Å². The van der Waals surface area contributed by atoms with Crippen LogP contribution in [-0.4, -0.2) is 4.98 Å². The van der Waals surface area contributed by atoms with E-state index < -0.39 is 0 Å². The van der Waals surface area contributed by atoms with E-state index in [0.29, 0.717) is 0 Å². The number of aromatic nitrogens is 1. The van der Waals surface area contributed by atoms with Gasteiger partial charge in [-0.3, -0.25) is 4.98 Å². The zero-order valence-electron chi connectivity index (χ0n) is 7.53. The predicted octanol–water partition coefficient (Wildman–Crippen LogP) is 2.58. The Labute approximate surface area is 82.1 Å². The third-order valence-corrected chi connectivity index (χ3v) is 2.22. The van der Waals surface area contributed by atoms with Gasteiger partial charge in [-0.2, -0.15) is 0 Å². The van der Waals surface area contributed by atoms with Crippen molar-refractivity contribution in [2.24, 2.45) is 5.73 Å². The van der Waals surface area contributed by atoms with Gasteiger partial charge in [0.2, 0.25) is 0 Å². The Kier molecular flexibility index (Phi) is 3.46. The monoisotopic (exact) mass is 192 g/mol. The van der Waals surface area contributed by atoms with Gasteiger partial charge < -0.3 is 5.73 Å². The molecular formula is C10H12N2S. The van der Waals surface area contributed by atoms with Crippen LogP contribution in [0.2, 0.25) is 0 Å². The van der Waals surface area contributed by atoms with Gasteiger partial charge in [-0.15, -0.1) is 11.3 Å². The molecule has 0 aliphatic rings. The molecule has 0 unspecified atom stereocenters. The number of hydrogen-bond donors (Lipinski definition) is 1. The average molecular weight is 192 g/mol. The quantitative estimate of drug-likeness (QED) is 0.747. The Morgan fingerprint density at radius 1 is 1.69 bits per heavy atom. The number of hydrogen-bond acceptors (Lipinski definition) is 3. The molecule has 13 heavy (non-hydrogen) atoms. The fourth-order valence-corrected chi connectivity index (χ4v) is 1.55. The smallest absolute Gasteiger partial charge is 0.0797 e. The van der Waals surface area contributed by atoms with Crippen LogP contribution < -0.4 is 5.73 Å². The van der Waals surface area contributed by atoms with Crippen molar-refractivity contribution >= 4 is 16.9 Å². The van der Waals surface area contributed by atoms with Crippen LogP contribution in [0.15, 0.2) is 42.2 Å². The molecule has 0 spiro atoms. The zero-order valence-corrected chi connectivity index (χ0v) is 8.34. The van der Waals surface area contributed by atoms with E-state index in [-0.39, 0.29) is 0 Å². The van der Waals surface area contributed by atoms with Crippen LogP contribution in [0.25, 0.3) is 5.57 Å². The molecular weight excluding hydrogens is 180 g/mol. The molecule has 0 saturated carbocycles. The molecule has 0 bridgehead atoms. The van der Waals surface area contributed by atoms with Crippen LogP contribution in [0.1, 0.15) is 11.8 Å². The molecule has 0 amide bonds. The Bertz CT molecular complexity index is 330. The van der Waals surface area contributed by atoms with Gasteiger partial charge in [-0.05, 0) is 18.6 Å². The Morgan fingerprint density at radius 3 is 2.92 bits per heavy atom. The fourth-order valence-electron chi connectivity index (χ4n) is 0.932. The molecule has 0 saturated heterocycles. The second kappa shape index (κ2) is 4.62. The molecule has 1 aromatic rings. The Morgan fingerprint density at radius 2 is 2.46 bits per heavy atom. The lowest BCUT2D eigenvalue weighted by Gasteiger charge is -1.96. The number of nitrogens with zero attached hydrogens (tertiary/aromatic N) is 1. The SMILES string of the molecule is C=C/C=C(\C=C(/C)N)c1cncs1. The highest BCUT2D eigenvalue weighted by molar-refractivity contribution is 7.10. The Balaban J connectivity index is 3.01. The zero-order chi connectivity index (χ0) is 9.68. The van der Waals surface area contributed by atoms with Gasteiger partial charge in [0, 0.05) is 11.9 Å². The second-order valence-corrected chi connectivity index (χ2v) is 3.50. The van der Waals surface area contributed by atoms with Gasteiger partial charge in [0.05, 0.1) is 10.4 Å². The molecule has 0 atom stereocenters. The minimum absolute atomic E-state index is 0.779. The molecule has 0 aromatic carbocycles. The van der Waals surface area contributed by atoms with Gasteiger partial charge in [-0.25, -0.2) is 0 Å². The van der Waals surface area contributed by atoms with E-state index in [4.69, 9.17) is 5.73 Å². The van der Waals surface area contributed by atoms with Crippen LogP contribution in [0.4, 0.5) is 0 Å². The van der Waals surface area contributed by atoms with Gasteiger partial charge in [0.25, 0.3) is 0 Å².